The van der Waals surface area contributed by atoms with Crippen LogP contribution in [0.1, 0.15) is 17.3 Å². The van der Waals surface area contributed by atoms with Gasteiger partial charge in [-0.3, -0.25) is 4.79 Å². The smallest absolute Gasteiger partial charge is 0.257 e. The molecule has 1 rings (SSSR count). The van der Waals surface area contributed by atoms with Crippen molar-refractivity contribution in [2.75, 3.05) is 13.6 Å². The molecule has 0 spiro atoms. The highest BCUT2D eigenvalue weighted by molar-refractivity contribution is 9.09. The standard InChI is InChI=1S/C11H13BrFNO2/c1-7(12)6-14(2)11(16)9-5-8(13)3-4-10(9)15/h3-5,7,15H,6H2,1-2H3. The lowest BCUT2D eigenvalue weighted by Gasteiger charge is -2.19. The molecule has 1 N–H and O–H groups in total. The minimum absolute atomic E-state index is 0.0179. The molecular weight excluding hydrogens is 277 g/mol. The van der Waals surface area contributed by atoms with E-state index < -0.39 is 11.7 Å². The van der Waals surface area contributed by atoms with Crippen LogP contribution in [-0.2, 0) is 0 Å². The molecule has 0 aliphatic rings. The van der Waals surface area contributed by atoms with E-state index in [4.69, 9.17) is 0 Å². The minimum Gasteiger partial charge on any atom is -0.507 e. The Morgan fingerprint density at radius 3 is 2.81 bits per heavy atom. The summed E-state index contributed by atoms with van der Waals surface area (Å²) in [5, 5.41) is 9.46. The normalized spacial score (nSPS) is 12.2. The predicted molar refractivity (Wildman–Crippen MR) is 63.4 cm³/mol. The minimum atomic E-state index is -0.540. The Labute approximate surface area is 102 Å². The van der Waals surface area contributed by atoms with E-state index in [9.17, 15) is 14.3 Å². The molecule has 0 aliphatic heterocycles. The van der Waals surface area contributed by atoms with Crippen molar-refractivity contribution in [3.8, 4) is 5.75 Å². The second-order valence-electron chi connectivity index (χ2n) is 3.63. The monoisotopic (exact) mass is 289 g/mol. The van der Waals surface area contributed by atoms with Crippen LogP contribution in [0.15, 0.2) is 18.2 Å². The molecule has 1 unspecified atom stereocenters. The first-order valence-corrected chi connectivity index (χ1v) is 5.71. The first-order valence-electron chi connectivity index (χ1n) is 4.80. The maximum Gasteiger partial charge on any atom is 0.257 e. The second kappa shape index (κ2) is 5.30. The molecule has 5 heteroatoms. The Morgan fingerprint density at radius 2 is 2.25 bits per heavy atom. The molecule has 0 heterocycles. The van der Waals surface area contributed by atoms with Crippen molar-refractivity contribution < 1.29 is 14.3 Å². The van der Waals surface area contributed by atoms with Gasteiger partial charge in [0.2, 0.25) is 0 Å². The first kappa shape index (κ1) is 13.0. The van der Waals surface area contributed by atoms with Gasteiger partial charge in [0.25, 0.3) is 5.91 Å². The van der Waals surface area contributed by atoms with E-state index in [1.54, 1.807) is 7.05 Å². The lowest BCUT2D eigenvalue weighted by Crippen LogP contribution is -2.31. The fourth-order valence-electron chi connectivity index (χ4n) is 1.35. The van der Waals surface area contributed by atoms with Crippen LogP contribution in [0.3, 0.4) is 0 Å². The maximum atomic E-state index is 12.9. The molecule has 0 bridgehead atoms. The number of phenolic OH excluding ortho intramolecular Hbond substituents is 1. The summed E-state index contributed by atoms with van der Waals surface area (Å²) in [6.07, 6.45) is 0. The molecule has 0 saturated heterocycles. The summed E-state index contributed by atoms with van der Waals surface area (Å²) in [6.45, 7) is 2.38. The highest BCUT2D eigenvalue weighted by atomic mass is 79.9. The molecule has 1 aromatic carbocycles. The summed E-state index contributed by atoms with van der Waals surface area (Å²) in [4.78, 5) is 13.4. The van der Waals surface area contributed by atoms with Gasteiger partial charge in [-0.15, -0.1) is 0 Å². The van der Waals surface area contributed by atoms with Crippen LogP contribution in [0.4, 0.5) is 4.39 Å². The van der Waals surface area contributed by atoms with Crippen molar-refractivity contribution in [2.24, 2.45) is 0 Å². The maximum absolute atomic E-state index is 12.9. The van der Waals surface area contributed by atoms with E-state index in [0.29, 0.717) is 6.54 Å². The van der Waals surface area contributed by atoms with E-state index in [2.05, 4.69) is 15.9 Å². The number of halogens is 2. The molecule has 1 atom stereocenters. The van der Waals surface area contributed by atoms with Gasteiger partial charge in [-0.2, -0.15) is 0 Å². The van der Waals surface area contributed by atoms with Crippen molar-refractivity contribution in [2.45, 2.75) is 11.8 Å². The third kappa shape index (κ3) is 3.20. The van der Waals surface area contributed by atoms with Gasteiger partial charge < -0.3 is 10.0 Å². The van der Waals surface area contributed by atoms with Gasteiger partial charge in [-0.25, -0.2) is 4.39 Å². The van der Waals surface area contributed by atoms with Crippen molar-refractivity contribution in [1.29, 1.82) is 0 Å². The molecule has 1 amide bonds. The average molecular weight is 290 g/mol. The van der Waals surface area contributed by atoms with Gasteiger partial charge >= 0.3 is 0 Å². The van der Waals surface area contributed by atoms with Crippen molar-refractivity contribution in [1.82, 2.24) is 4.90 Å². The lowest BCUT2D eigenvalue weighted by molar-refractivity contribution is 0.0794. The van der Waals surface area contributed by atoms with Crippen molar-refractivity contribution in [3.05, 3.63) is 29.6 Å². The summed E-state index contributed by atoms with van der Waals surface area (Å²) >= 11 is 3.32. The van der Waals surface area contributed by atoms with Crippen molar-refractivity contribution in [3.63, 3.8) is 0 Å². The number of amides is 1. The number of benzene rings is 1. The fraction of sp³-hybridized carbons (Fsp3) is 0.364. The van der Waals surface area contributed by atoms with Crippen LogP contribution in [-0.4, -0.2) is 34.3 Å². The number of rotatable bonds is 3. The number of aromatic hydroxyl groups is 1. The molecule has 1 aromatic rings. The molecule has 0 aliphatic carbocycles. The Bertz CT molecular complexity index is 396. The Kier molecular flexibility index (Phi) is 4.29. The van der Waals surface area contributed by atoms with E-state index >= 15 is 0 Å². The Balaban J connectivity index is 2.91. The average Bonchev–Trinajstić information content (AvgIpc) is 2.19. The Morgan fingerprint density at radius 1 is 1.62 bits per heavy atom. The molecule has 0 radical (unpaired) electrons. The van der Waals surface area contributed by atoms with E-state index in [1.165, 1.54) is 11.0 Å². The quantitative estimate of drug-likeness (QED) is 0.868. The van der Waals surface area contributed by atoms with Gasteiger partial charge in [-0.1, -0.05) is 22.9 Å². The van der Waals surface area contributed by atoms with E-state index in [0.717, 1.165) is 12.1 Å². The van der Waals surface area contributed by atoms with Crippen LogP contribution in [0, 0.1) is 5.82 Å². The summed E-state index contributed by atoms with van der Waals surface area (Å²) < 4.78 is 12.9. The molecule has 0 aromatic heterocycles. The number of hydrogen-bond donors (Lipinski definition) is 1. The third-order valence-corrected chi connectivity index (χ3v) is 2.35. The summed E-state index contributed by atoms with van der Waals surface area (Å²) in [6, 6.07) is 3.32. The summed E-state index contributed by atoms with van der Waals surface area (Å²) in [7, 11) is 1.60. The highest BCUT2D eigenvalue weighted by Gasteiger charge is 2.17. The van der Waals surface area contributed by atoms with Crippen LogP contribution >= 0.6 is 15.9 Å². The predicted octanol–water partition coefficient (Wildman–Crippen LogP) is 2.39. The topological polar surface area (TPSA) is 40.5 Å². The largest absolute Gasteiger partial charge is 0.507 e. The van der Waals surface area contributed by atoms with Crippen LogP contribution < -0.4 is 0 Å². The molecule has 0 fully saturated rings. The number of phenols is 1. The van der Waals surface area contributed by atoms with Gasteiger partial charge in [-0.05, 0) is 18.2 Å². The number of carbonyl (C=O) groups is 1. The highest BCUT2D eigenvalue weighted by Crippen LogP contribution is 2.19. The zero-order valence-electron chi connectivity index (χ0n) is 9.08. The Hall–Kier alpha value is -1.10. The number of hydrogen-bond acceptors (Lipinski definition) is 2. The number of carbonyl (C=O) groups excluding carboxylic acids is 1. The van der Waals surface area contributed by atoms with Gasteiger partial charge in [0, 0.05) is 18.4 Å². The third-order valence-electron chi connectivity index (χ3n) is 2.06. The van der Waals surface area contributed by atoms with Crippen LogP contribution in [0.2, 0.25) is 0 Å². The van der Waals surface area contributed by atoms with Gasteiger partial charge in [0.1, 0.15) is 11.6 Å². The fourth-order valence-corrected chi connectivity index (χ4v) is 1.78. The van der Waals surface area contributed by atoms with Gasteiger partial charge in [0.05, 0.1) is 5.56 Å². The lowest BCUT2D eigenvalue weighted by atomic mass is 10.1. The zero-order chi connectivity index (χ0) is 12.3. The van der Waals surface area contributed by atoms with Crippen LogP contribution in [0.25, 0.3) is 0 Å². The SMILES string of the molecule is CC(Br)CN(C)C(=O)c1cc(F)ccc1O. The molecule has 88 valence electrons. The second-order valence-corrected chi connectivity index (χ2v) is 5.19. The molecule has 3 nitrogen and oxygen atoms in total. The summed E-state index contributed by atoms with van der Waals surface area (Å²) in [5.41, 5.74) is -0.0179. The molecular formula is C11H13BrFNO2. The van der Waals surface area contributed by atoms with Crippen molar-refractivity contribution >= 4 is 21.8 Å². The zero-order valence-corrected chi connectivity index (χ0v) is 10.7. The molecule has 0 saturated carbocycles. The van der Waals surface area contributed by atoms with E-state index in [-0.39, 0.29) is 16.1 Å². The number of nitrogens with zero attached hydrogens (tertiary/aromatic N) is 1. The summed E-state index contributed by atoms with van der Waals surface area (Å²) in [5.74, 6) is -1.15. The first-order chi connectivity index (χ1) is 7.41. The van der Waals surface area contributed by atoms with Gasteiger partial charge in [0.15, 0.2) is 0 Å². The molecule has 16 heavy (non-hydrogen) atoms. The number of alkyl halides is 1. The van der Waals surface area contributed by atoms with Crippen LogP contribution in [0.5, 0.6) is 5.75 Å². The van der Waals surface area contributed by atoms with E-state index in [1.807, 2.05) is 6.92 Å².